The number of ketones is 1. The van der Waals surface area contributed by atoms with Crippen LogP contribution >= 0.6 is 0 Å². The highest BCUT2D eigenvalue weighted by molar-refractivity contribution is 5.96. The predicted molar refractivity (Wildman–Crippen MR) is 113 cm³/mol. The summed E-state index contributed by atoms with van der Waals surface area (Å²) in [5, 5.41) is 20.6. The van der Waals surface area contributed by atoms with Crippen molar-refractivity contribution < 1.29 is 4.79 Å². The summed E-state index contributed by atoms with van der Waals surface area (Å²) in [6.45, 7) is 5.70. The zero-order chi connectivity index (χ0) is 20.8. The molecule has 1 fully saturated rings. The molecule has 0 saturated carbocycles. The van der Waals surface area contributed by atoms with Gasteiger partial charge in [-0.25, -0.2) is 0 Å². The van der Waals surface area contributed by atoms with Crippen molar-refractivity contribution in [3.05, 3.63) is 71.8 Å². The van der Waals surface area contributed by atoms with E-state index in [4.69, 9.17) is 0 Å². The number of para-hydroxylation sites is 1. The van der Waals surface area contributed by atoms with Gasteiger partial charge in [-0.3, -0.25) is 4.79 Å². The molecule has 0 amide bonds. The molecule has 4 nitrogen and oxygen atoms in total. The normalized spacial score (nSPS) is 24.2. The smallest absolute Gasteiger partial charge is 0.176 e. The van der Waals surface area contributed by atoms with Crippen molar-refractivity contribution in [2.75, 3.05) is 4.90 Å². The fourth-order valence-corrected chi connectivity index (χ4v) is 4.71. The molecule has 0 aromatic heterocycles. The molecule has 29 heavy (non-hydrogen) atoms. The minimum absolute atomic E-state index is 0.0360. The van der Waals surface area contributed by atoms with E-state index in [2.05, 4.69) is 12.1 Å². The Balaban J connectivity index is 2.03. The number of rotatable bonds is 2. The van der Waals surface area contributed by atoms with Crippen molar-refractivity contribution in [2.24, 2.45) is 10.8 Å². The molecule has 2 aromatic carbocycles. The Morgan fingerprint density at radius 1 is 1.00 bits per heavy atom. The van der Waals surface area contributed by atoms with Gasteiger partial charge in [-0.1, -0.05) is 81.5 Å². The summed E-state index contributed by atoms with van der Waals surface area (Å²) in [7, 11) is 0. The fraction of sp³-hybridized carbons (Fsp3) is 0.320. The van der Waals surface area contributed by atoms with Crippen molar-refractivity contribution in [3.63, 3.8) is 0 Å². The average Bonchev–Trinajstić information content (AvgIpc) is 3.04. The Morgan fingerprint density at radius 2 is 1.62 bits per heavy atom. The van der Waals surface area contributed by atoms with Gasteiger partial charge in [-0.2, -0.15) is 10.5 Å². The molecule has 0 aliphatic carbocycles. The van der Waals surface area contributed by atoms with Crippen LogP contribution in [0.2, 0.25) is 0 Å². The summed E-state index contributed by atoms with van der Waals surface area (Å²) < 4.78 is 0. The van der Waals surface area contributed by atoms with E-state index >= 15 is 0 Å². The molecule has 2 heterocycles. The van der Waals surface area contributed by atoms with Crippen LogP contribution in [0.1, 0.15) is 37.8 Å². The molecular weight excluding hydrogens is 358 g/mol. The number of carbonyl (C=O) groups excluding carboxylic acids is 1. The maximum atomic E-state index is 13.8. The van der Waals surface area contributed by atoms with E-state index in [1.54, 1.807) is 0 Å². The quantitative estimate of drug-likeness (QED) is 0.756. The van der Waals surface area contributed by atoms with Crippen molar-refractivity contribution in [3.8, 4) is 12.1 Å². The molecule has 0 unspecified atom stereocenters. The highest BCUT2D eigenvalue weighted by Crippen LogP contribution is 2.55. The van der Waals surface area contributed by atoms with E-state index < -0.39 is 28.8 Å². The molecule has 2 aliphatic rings. The first kappa shape index (κ1) is 19.0. The van der Waals surface area contributed by atoms with Crippen LogP contribution in [0.15, 0.2) is 60.7 Å². The number of carbonyl (C=O) groups is 1. The van der Waals surface area contributed by atoms with Gasteiger partial charge in [-0.15, -0.1) is 0 Å². The topological polar surface area (TPSA) is 67.9 Å². The first-order valence-corrected chi connectivity index (χ1v) is 9.82. The van der Waals surface area contributed by atoms with E-state index in [9.17, 15) is 15.3 Å². The van der Waals surface area contributed by atoms with E-state index in [-0.39, 0.29) is 5.78 Å². The average molecular weight is 381 g/mol. The second-order valence-corrected chi connectivity index (χ2v) is 8.81. The molecule has 0 spiro atoms. The number of Topliss-reactive ketones (excluding diaryl/α,β-unsaturated/α-hetero) is 1. The van der Waals surface area contributed by atoms with Gasteiger partial charge in [0.15, 0.2) is 11.2 Å². The Labute approximate surface area is 171 Å². The molecule has 2 aromatic rings. The lowest BCUT2D eigenvalue weighted by Crippen LogP contribution is -2.47. The van der Waals surface area contributed by atoms with Crippen LogP contribution in [0.4, 0.5) is 5.69 Å². The first-order chi connectivity index (χ1) is 13.8. The van der Waals surface area contributed by atoms with Crippen molar-refractivity contribution in [1.29, 1.82) is 10.5 Å². The van der Waals surface area contributed by atoms with Crippen LogP contribution in [0.3, 0.4) is 0 Å². The molecule has 1 saturated heterocycles. The number of fused-ring (bicyclic) bond motifs is 3. The summed E-state index contributed by atoms with van der Waals surface area (Å²) in [6.07, 6.45) is 3.88. The van der Waals surface area contributed by atoms with Gasteiger partial charge in [0.25, 0.3) is 0 Å². The molecule has 0 bridgehead atoms. The van der Waals surface area contributed by atoms with Gasteiger partial charge >= 0.3 is 0 Å². The Morgan fingerprint density at radius 3 is 2.24 bits per heavy atom. The van der Waals surface area contributed by atoms with Gasteiger partial charge in [-0.05, 0) is 17.2 Å². The molecule has 4 rings (SSSR count). The molecule has 0 radical (unpaired) electrons. The number of nitrogens with zero attached hydrogens (tertiary/aromatic N) is 3. The maximum absolute atomic E-state index is 13.8. The van der Waals surface area contributed by atoms with E-state index in [1.807, 2.05) is 92.4 Å². The van der Waals surface area contributed by atoms with Crippen LogP contribution in [0.5, 0.6) is 0 Å². The first-order valence-electron chi connectivity index (χ1n) is 9.82. The number of hydrogen-bond donors (Lipinski definition) is 0. The molecule has 0 N–H and O–H groups in total. The van der Waals surface area contributed by atoms with Gasteiger partial charge in [0.1, 0.15) is 0 Å². The van der Waals surface area contributed by atoms with Crippen molar-refractivity contribution in [1.82, 2.24) is 0 Å². The van der Waals surface area contributed by atoms with Gasteiger partial charge in [0.2, 0.25) is 0 Å². The zero-order valence-corrected chi connectivity index (χ0v) is 16.8. The summed E-state index contributed by atoms with van der Waals surface area (Å²) in [4.78, 5) is 15.8. The lowest BCUT2D eigenvalue weighted by Gasteiger charge is -2.37. The molecule has 2 aliphatic heterocycles. The monoisotopic (exact) mass is 381 g/mol. The Bertz CT molecular complexity index is 1050. The third-order valence-electron chi connectivity index (χ3n) is 6.08. The standard InChI is InChI=1S/C25H23N3O/c1-24(2,3)23(29)22-21(18-10-5-4-6-11-18)25(15-26,16-27)20-14-13-17-9-7-8-12-19(17)28(20)22/h4-14,20-22H,1-3H3/t20-,21-,22+/m1/s1. The van der Waals surface area contributed by atoms with Crippen LogP contribution < -0.4 is 4.90 Å². The fourth-order valence-electron chi connectivity index (χ4n) is 4.71. The maximum Gasteiger partial charge on any atom is 0.176 e. The third-order valence-corrected chi connectivity index (χ3v) is 6.08. The van der Waals surface area contributed by atoms with Crippen LogP contribution in [-0.2, 0) is 4.79 Å². The largest absolute Gasteiger partial charge is 0.351 e. The van der Waals surface area contributed by atoms with E-state index in [0.717, 1.165) is 16.8 Å². The highest BCUT2D eigenvalue weighted by Gasteiger charge is 2.64. The third kappa shape index (κ3) is 2.68. The number of anilines is 1. The molecular formula is C25H23N3O. The number of hydrogen-bond acceptors (Lipinski definition) is 4. The highest BCUT2D eigenvalue weighted by atomic mass is 16.1. The molecule has 3 atom stereocenters. The van der Waals surface area contributed by atoms with Gasteiger partial charge in [0, 0.05) is 17.0 Å². The lowest BCUT2D eigenvalue weighted by atomic mass is 9.68. The van der Waals surface area contributed by atoms with E-state index in [1.165, 1.54) is 0 Å². The summed E-state index contributed by atoms with van der Waals surface area (Å²) >= 11 is 0. The molecule has 144 valence electrons. The molecule has 4 heteroatoms. The summed E-state index contributed by atoms with van der Waals surface area (Å²) in [5.74, 6) is -0.514. The summed E-state index contributed by atoms with van der Waals surface area (Å²) in [5.41, 5.74) is 0.763. The SMILES string of the molecule is CC(C)(C)C(=O)[C@@H]1[C@@H](c2ccccc2)C(C#N)(C#N)[C@H]2C=Cc3ccccc3N12. The minimum Gasteiger partial charge on any atom is -0.351 e. The Hall–Kier alpha value is -3.37. The number of benzene rings is 2. The van der Waals surface area contributed by atoms with Gasteiger partial charge < -0.3 is 4.90 Å². The minimum atomic E-state index is -1.36. The Kier molecular flexibility index (Phi) is 4.32. The summed E-state index contributed by atoms with van der Waals surface area (Å²) in [6, 6.07) is 21.0. The predicted octanol–water partition coefficient (Wildman–Crippen LogP) is 4.70. The van der Waals surface area contributed by atoms with E-state index in [0.29, 0.717) is 0 Å². The van der Waals surface area contributed by atoms with Gasteiger partial charge in [0.05, 0.1) is 24.2 Å². The lowest BCUT2D eigenvalue weighted by molar-refractivity contribution is -0.127. The second kappa shape index (κ2) is 6.61. The van der Waals surface area contributed by atoms with Crippen LogP contribution in [0.25, 0.3) is 6.08 Å². The number of nitriles is 2. The van der Waals surface area contributed by atoms with Crippen LogP contribution in [-0.4, -0.2) is 17.9 Å². The zero-order valence-electron chi connectivity index (χ0n) is 16.8. The second-order valence-electron chi connectivity index (χ2n) is 8.81. The van der Waals surface area contributed by atoms with Crippen LogP contribution in [0, 0.1) is 33.5 Å². The van der Waals surface area contributed by atoms with Crippen molar-refractivity contribution >= 4 is 17.5 Å². The van der Waals surface area contributed by atoms with Crippen molar-refractivity contribution in [2.45, 2.75) is 38.8 Å².